The van der Waals surface area contributed by atoms with E-state index >= 15 is 0 Å². The van der Waals surface area contributed by atoms with Crippen LogP contribution in [0.5, 0.6) is 0 Å². The van der Waals surface area contributed by atoms with Gasteiger partial charge in [0.2, 0.25) is 0 Å². The summed E-state index contributed by atoms with van der Waals surface area (Å²) < 4.78 is 6.90. The summed E-state index contributed by atoms with van der Waals surface area (Å²) >= 11 is 6.43. The molecule has 5 nitrogen and oxygen atoms in total. The third kappa shape index (κ3) is 2.94. The number of likely N-dealkylation sites (tertiary alicyclic amines) is 1. The first-order valence-corrected chi connectivity index (χ1v) is 8.49. The molecule has 0 bridgehead atoms. The molecule has 1 aliphatic heterocycles. The van der Waals surface area contributed by atoms with Gasteiger partial charge in [-0.1, -0.05) is 29.8 Å². The van der Waals surface area contributed by atoms with E-state index in [0.717, 1.165) is 36.2 Å². The summed E-state index contributed by atoms with van der Waals surface area (Å²) in [5.74, 6) is 0.0319. The zero-order valence-electron chi connectivity index (χ0n) is 14.3. The van der Waals surface area contributed by atoms with Crippen LogP contribution >= 0.6 is 11.6 Å². The lowest BCUT2D eigenvalue weighted by atomic mass is 10.0. The van der Waals surface area contributed by atoms with Crippen LogP contribution in [-0.2, 0) is 18.4 Å². The summed E-state index contributed by atoms with van der Waals surface area (Å²) in [7, 11) is 3.46. The number of amides is 1. The van der Waals surface area contributed by atoms with Crippen LogP contribution in [0.25, 0.3) is 0 Å². The summed E-state index contributed by atoms with van der Waals surface area (Å²) in [4.78, 5) is 15.1. The van der Waals surface area contributed by atoms with Gasteiger partial charge in [0.05, 0.1) is 18.3 Å². The van der Waals surface area contributed by atoms with Crippen molar-refractivity contribution in [3.8, 4) is 0 Å². The zero-order valence-corrected chi connectivity index (χ0v) is 15.0. The van der Waals surface area contributed by atoms with Gasteiger partial charge in [0.25, 0.3) is 5.91 Å². The normalized spacial score (nSPS) is 17.5. The molecule has 1 aromatic carbocycles. The van der Waals surface area contributed by atoms with E-state index in [4.69, 9.17) is 16.3 Å². The van der Waals surface area contributed by atoms with Crippen molar-refractivity contribution in [1.29, 1.82) is 0 Å². The van der Waals surface area contributed by atoms with Gasteiger partial charge in [0, 0.05) is 31.8 Å². The lowest BCUT2D eigenvalue weighted by Crippen LogP contribution is -2.31. The highest BCUT2D eigenvalue weighted by Crippen LogP contribution is 2.38. The Morgan fingerprint density at radius 1 is 1.42 bits per heavy atom. The number of aromatic nitrogens is 2. The molecule has 2 aromatic rings. The second kappa shape index (κ2) is 6.95. The number of nitrogens with zero attached hydrogens (tertiary/aromatic N) is 3. The fourth-order valence-corrected chi connectivity index (χ4v) is 3.80. The number of rotatable bonds is 4. The van der Waals surface area contributed by atoms with Gasteiger partial charge >= 0.3 is 0 Å². The second-order valence-electron chi connectivity index (χ2n) is 6.16. The van der Waals surface area contributed by atoms with Crippen molar-refractivity contribution >= 4 is 17.5 Å². The lowest BCUT2D eigenvalue weighted by Gasteiger charge is -2.26. The quantitative estimate of drug-likeness (QED) is 0.850. The van der Waals surface area contributed by atoms with Crippen LogP contribution in [0.15, 0.2) is 24.3 Å². The van der Waals surface area contributed by atoms with Crippen molar-refractivity contribution in [2.75, 3.05) is 13.7 Å². The lowest BCUT2D eigenvalue weighted by molar-refractivity contribution is 0.0730. The maximum atomic E-state index is 13.2. The number of hydrogen-bond donors (Lipinski definition) is 0. The first-order valence-electron chi connectivity index (χ1n) is 8.11. The molecule has 0 saturated carbocycles. The highest BCUT2D eigenvalue weighted by atomic mass is 35.5. The molecule has 128 valence electrons. The number of methoxy groups -OCH3 is 1. The molecule has 0 aliphatic carbocycles. The predicted molar refractivity (Wildman–Crippen MR) is 93.1 cm³/mol. The maximum Gasteiger partial charge on any atom is 0.254 e. The molecular formula is C18H22ClN3O2. The first-order chi connectivity index (χ1) is 11.5. The van der Waals surface area contributed by atoms with Gasteiger partial charge in [-0.2, -0.15) is 5.10 Å². The molecule has 0 N–H and O–H groups in total. The number of halogens is 1. The smallest absolute Gasteiger partial charge is 0.254 e. The van der Waals surface area contributed by atoms with E-state index in [0.29, 0.717) is 17.3 Å². The summed E-state index contributed by atoms with van der Waals surface area (Å²) in [5.41, 5.74) is 3.46. The average Bonchev–Trinajstić information content (AvgIpc) is 3.12. The monoisotopic (exact) mass is 347 g/mol. The Labute approximate surface area is 147 Å². The second-order valence-corrected chi connectivity index (χ2v) is 6.52. The molecule has 24 heavy (non-hydrogen) atoms. The predicted octanol–water partition coefficient (Wildman–Crippen LogP) is 3.51. The van der Waals surface area contributed by atoms with Crippen LogP contribution in [0.2, 0.25) is 5.15 Å². The molecule has 1 saturated heterocycles. The SMILES string of the molecule is COCc1ccccc1C(=O)N1CCCC1c1c(C)nn(C)c1Cl. The van der Waals surface area contributed by atoms with Gasteiger partial charge in [-0.3, -0.25) is 9.48 Å². The zero-order chi connectivity index (χ0) is 17.3. The van der Waals surface area contributed by atoms with Crippen molar-refractivity contribution in [3.63, 3.8) is 0 Å². The minimum Gasteiger partial charge on any atom is -0.380 e. The molecule has 1 aliphatic rings. The Bertz CT molecular complexity index is 757. The minimum atomic E-state index is -0.0192. The molecule has 1 aromatic heterocycles. The molecule has 2 heterocycles. The van der Waals surface area contributed by atoms with E-state index in [2.05, 4.69) is 5.10 Å². The number of carbonyl (C=O) groups is 1. The molecular weight excluding hydrogens is 326 g/mol. The minimum absolute atomic E-state index is 0.0192. The molecule has 1 unspecified atom stereocenters. The molecule has 0 spiro atoms. The molecule has 6 heteroatoms. The number of aryl methyl sites for hydroxylation is 2. The Hall–Kier alpha value is -1.85. The number of carbonyl (C=O) groups excluding carboxylic acids is 1. The summed E-state index contributed by atoms with van der Waals surface area (Å²) in [6.07, 6.45) is 1.87. The van der Waals surface area contributed by atoms with E-state index in [1.807, 2.05) is 43.1 Å². The summed E-state index contributed by atoms with van der Waals surface area (Å²) in [6, 6.07) is 7.59. The van der Waals surface area contributed by atoms with Crippen LogP contribution in [0, 0.1) is 6.92 Å². The van der Waals surface area contributed by atoms with E-state index in [1.54, 1.807) is 11.8 Å². The Kier molecular flexibility index (Phi) is 4.92. The van der Waals surface area contributed by atoms with Gasteiger partial charge in [0.15, 0.2) is 0 Å². The molecule has 1 amide bonds. The summed E-state index contributed by atoms with van der Waals surface area (Å²) in [5, 5.41) is 5.01. The van der Waals surface area contributed by atoms with E-state index < -0.39 is 0 Å². The fraction of sp³-hybridized carbons (Fsp3) is 0.444. The molecule has 0 radical (unpaired) electrons. The number of benzene rings is 1. The van der Waals surface area contributed by atoms with Crippen LogP contribution in [-0.4, -0.2) is 34.2 Å². The van der Waals surface area contributed by atoms with Gasteiger partial charge in [-0.05, 0) is 31.4 Å². The third-order valence-corrected chi connectivity index (χ3v) is 5.04. The van der Waals surface area contributed by atoms with Crippen molar-refractivity contribution < 1.29 is 9.53 Å². The van der Waals surface area contributed by atoms with Crippen LogP contribution in [0.4, 0.5) is 0 Å². The molecule has 1 atom stereocenters. The number of ether oxygens (including phenoxy) is 1. The van der Waals surface area contributed by atoms with Crippen LogP contribution in [0.1, 0.15) is 46.1 Å². The van der Waals surface area contributed by atoms with E-state index in [-0.39, 0.29) is 11.9 Å². The van der Waals surface area contributed by atoms with Gasteiger partial charge in [-0.25, -0.2) is 0 Å². The average molecular weight is 348 g/mol. The Morgan fingerprint density at radius 2 is 2.17 bits per heavy atom. The largest absolute Gasteiger partial charge is 0.380 e. The highest BCUT2D eigenvalue weighted by Gasteiger charge is 2.35. The van der Waals surface area contributed by atoms with Crippen LogP contribution < -0.4 is 0 Å². The molecule has 3 rings (SSSR count). The highest BCUT2D eigenvalue weighted by molar-refractivity contribution is 6.30. The van der Waals surface area contributed by atoms with Crippen LogP contribution in [0.3, 0.4) is 0 Å². The Morgan fingerprint density at radius 3 is 2.83 bits per heavy atom. The van der Waals surface area contributed by atoms with Crippen molar-refractivity contribution in [2.45, 2.75) is 32.4 Å². The van der Waals surface area contributed by atoms with E-state index in [9.17, 15) is 4.79 Å². The van der Waals surface area contributed by atoms with Gasteiger partial charge < -0.3 is 9.64 Å². The Balaban J connectivity index is 1.95. The standard InChI is InChI=1S/C18H22ClN3O2/c1-12-16(17(19)21(2)20-12)15-9-6-10-22(15)18(23)14-8-5-4-7-13(14)11-24-3/h4-5,7-8,15H,6,9-11H2,1-3H3. The fourth-order valence-electron chi connectivity index (χ4n) is 3.50. The van der Waals surface area contributed by atoms with Gasteiger partial charge in [0.1, 0.15) is 5.15 Å². The first kappa shape index (κ1) is 17.0. The molecule has 1 fully saturated rings. The van der Waals surface area contributed by atoms with Crippen molar-refractivity contribution in [1.82, 2.24) is 14.7 Å². The topological polar surface area (TPSA) is 47.4 Å². The van der Waals surface area contributed by atoms with Crippen molar-refractivity contribution in [3.05, 3.63) is 51.8 Å². The summed E-state index contributed by atoms with van der Waals surface area (Å²) in [6.45, 7) is 3.10. The van der Waals surface area contributed by atoms with E-state index in [1.165, 1.54) is 0 Å². The van der Waals surface area contributed by atoms with Gasteiger partial charge in [-0.15, -0.1) is 0 Å². The third-order valence-electron chi connectivity index (χ3n) is 4.59. The van der Waals surface area contributed by atoms with Crippen molar-refractivity contribution in [2.24, 2.45) is 7.05 Å². The maximum absolute atomic E-state index is 13.2. The number of hydrogen-bond acceptors (Lipinski definition) is 3.